The van der Waals surface area contributed by atoms with Gasteiger partial charge in [-0.1, -0.05) is 68.3 Å². The summed E-state index contributed by atoms with van der Waals surface area (Å²) in [5.74, 6) is -0.341. The first kappa shape index (κ1) is 28.7. The molecule has 3 rings (SSSR count). The molecule has 6 atom stereocenters. The fraction of sp³-hybridized carbons (Fsp3) is 0.586. The third-order valence-electron chi connectivity index (χ3n) is 7.75. The number of benzene rings is 1. The van der Waals surface area contributed by atoms with E-state index in [0.717, 1.165) is 5.56 Å². The molecule has 1 aromatic carbocycles. The highest BCUT2D eigenvalue weighted by atomic mass is 35.5. The molecule has 0 bridgehead atoms. The Bertz CT molecular complexity index is 1040. The van der Waals surface area contributed by atoms with E-state index >= 15 is 0 Å². The zero-order chi connectivity index (χ0) is 26.8. The van der Waals surface area contributed by atoms with E-state index in [-0.39, 0.29) is 36.2 Å². The molecule has 0 radical (unpaired) electrons. The number of rotatable bonds is 8. The summed E-state index contributed by atoms with van der Waals surface area (Å²) in [5, 5.41) is 15.1. The Kier molecular flexibility index (Phi) is 9.01. The van der Waals surface area contributed by atoms with Crippen molar-refractivity contribution in [3.8, 4) is 0 Å². The van der Waals surface area contributed by atoms with Crippen LogP contribution in [0.4, 0.5) is 0 Å². The van der Waals surface area contributed by atoms with Crippen LogP contribution in [0.3, 0.4) is 0 Å². The summed E-state index contributed by atoms with van der Waals surface area (Å²) in [6, 6.07) is 7.11. The molecule has 0 saturated carbocycles. The van der Waals surface area contributed by atoms with Crippen LogP contribution in [-0.2, 0) is 9.59 Å². The summed E-state index contributed by atoms with van der Waals surface area (Å²) in [6.45, 7) is 11.6. The summed E-state index contributed by atoms with van der Waals surface area (Å²) in [4.78, 5) is 29.3. The second kappa shape index (κ2) is 11.3. The topological polar surface area (TPSA) is 69.6 Å². The number of halogens is 2. The molecule has 1 aliphatic carbocycles. The summed E-state index contributed by atoms with van der Waals surface area (Å²) in [7, 11) is 0. The molecule has 2 amide bonds. The fourth-order valence-electron chi connectivity index (χ4n) is 6.08. The first-order valence-corrected chi connectivity index (χ1v) is 13.7. The van der Waals surface area contributed by atoms with E-state index in [1.807, 2.05) is 69.0 Å². The van der Waals surface area contributed by atoms with Crippen molar-refractivity contribution in [1.82, 2.24) is 10.2 Å². The van der Waals surface area contributed by atoms with Crippen LogP contribution in [0.5, 0.6) is 0 Å². The van der Waals surface area contributed by atoms with Crippen molar-refractivity contribution in [3.05, 3.63) is 58.1 Å². The number of nitrogens with one attached hydrogen (secondary N) is 1. The molecule has 198 valence electrons. The van der Waals surface area contributed by atoms with E-state index in [1.165, 1.54) is 0 Å². The normalized spacial score (nSPS) is 30.2. The number of piperidine rings is 1. The first-order chi connectivity index (χ1) is 16.8. The summed E-state index contributed by atoms with van der Waals surface area (Å²) < 4.78 is 0. The van der Waals surface area contributed by atoms with Gasteiger partial charge in [0.05, 0.1) is 17.6 Å². The molecule has 1 saturated heterocycles. The van der Waals surface area contributed by atoms with E-state index in [1.54, 1.807) is 6.92 Å². The van der Waals surface area contributed by atoms with Crippen LogP contribution in [0.1, 0.15) is 78.7 Å². The number of allylic oxidation sites excluding steroid dienone is 3. The molecule has 5 nitrogen and oxygen atoms in total. The predicted molar refractivity (Wildman–Crippen MR) is 147 cm³/mol. The second-order valence-corrected chi connectivity index (χ2v) is 12.2. The molecule has 0 aromatic heterocycles. The zero-order valence-electron chi connectivity index (χ0n) is 22.2. The molecule has 1 fully saturated rings. The maximum Gasteiger partial charge on any atom is 0.229 e. The maximum atomic E-state index is 14.4. The molecule has 2 unspecified atom stereocenters. The van der Waals surface area contributed by atoms with Crippen LogP contribution in [0, 0.1) is 10.8 Å². The highest BCUT2D eigenvalue weighted by Crippen LogP contribution is 2.53. The van der Waals surface area contributed by atoms with Gasteiger partial charge in [-0.3, -0.25) is 9.59 Å². The molecular weight excluding hydrogens is 495 g/mol. The van der Waals surface area contributed by atoms with Crippen LogP contribution in [0.15, 0.2) is 47.5 Å². The van der Waals surface area contributed by atoms with Gasteiger partial charge >= 0.3 is 0 Å². The Morgan fingerprint density at radius 2 is 1.94 bits per heavy atom. The van der Waals surface area contributed by atoms with Crippen LogP contribution in [0.25, 0.3) is 0 Å². The van der Waals surface area contributed by atoms with Gasteiger partial charge in [-0.2, -0.15) is 0 Å². The highest BCUT2D eigenvalue weighted by molar-refractivity contribution is 6.31. The van der Waals surface area contributed by atoms with Crippen molar-refractivity contribution in [3.63, 3.8) is 0 Å². The minimum absolute atomic E-state index is 0.0175. The van der Waals surface area contributed by atoms with E-state index in [4.69, 9.17) is 23.2 Å². The van der Waals surface area contributed by atoms with Gasteiger partial charge in [0.15, 0.2) is 0 Å². The monoisotopic (exact) mass is 534 g/mol. The van der Waals surface area contributed by atoms with E-state index in [9.17, 15) is 14.7 Å². The molecule has 2 N–H and O–H groups in total. The van der Waals surface area contributed by atoms with Gasteiger partial charge in [0.1, 0.15) is 0 Å². The quantitative estimate of drug-likeness (QED) is 0.417. The third-order valence-corrected chi connectivity index (χ3v) is 8.26. The predicted octanol–water partition coefficient (Wildman–Crippen LogP) is 6.19. The lowest BCUT2D eigenvalue weighted by Crippen LogP contribution is -2.65. The molecule has 7 heteroatoms. The molecule has 36 heavy (non-hydrogen) atoms. The van der Waals surface area contributed by atoms with Crippen molar-refractivity contribution >= 4 is 35.0 Å². The van der Waals surface area contributed by atoms with Gasteiger partial charge in [0.25, 0.3) is 0 Å². The van der Waals surface area contributed by atoms with Crippen molar-refractivity contribution in [2.24, 2.45) is 10.8 Å². The summed E-state index contributed by atoms with van der Waals surface area (Å²) in [6.07, 6.45) is 7.09. The van der Waals surface area contributed by atoms with Gasteiger partial charge in [0.2, 0.25) is 11.8 Å². The van der Waals surface area contributed by atoms with E-state index < -0.39 is 23.0 Å². The second-order valence-electron chi connectivity index (χ2n) is 11.3. The number of aliphatic hydroxyl groups excluding tert-OH is 1. The highest BCUT2D eigenvalue weighted by Gasteiger charge is 2.56. The lowest BCUT2D eigenvalue weighted by molar-refractivity contribution is -0.164. The smallest absolute Gasteiger partial charge is 0.229 e. The van der Waals surface area contributed by atoms with Crippen molar-refractivity contribution in [2.75, 3.05) is 0 Å². The van der Waals surface area contributed by atoms with Gasteiger partial charge in [-0.15, -0.1) is 0 Å². The van der Waals surface area contributed by atoms with Crippen molar-refractivity contribution in [2.45, 2.75) is 97.4 Å². The number of likely N-dealkylation sites (tertiary alicyclic amines) is 1. The minimum atomic E-state index is -0.938. The van der Waals surface area contributed by atoms with Crippen LogP contribution in [0.2, 0.25) is 5.02 Å². The lowest BCUT2D eigenvalue weighted by Gasteiger charge is -2.57. The number of amides is 2. The average molecular weight is 536 g/mol. The van der Waals surface area contributed by atoms with Gasteiger partial charge in [-0.05, 0) is 63.8 Å². The summed E-state index contributed by atoms with van der Waals surface area (Å²) in [5.41, 5.74) is -0.339. The SMILES string of the molecule is CCC([C@H](C)O)N1C(=O)[C@@](C)(CC(=O)NC(C)C)C[C@H](c2cccc(Cl)c2)[C@H]1C1(C)C=CC(Cl)=CC1. The zero-order valence-corrected chi connectivity index (χ0v) is 23.7. The number of hydrogen-bond acceptors (Lipinski definition) is 3. The van der Waals surface area contributed by atoms with Gasteiger partial charge < -0.3 is 15.3 Å². The number of carbonyl (C=O) groups excluding carboxylic acids is 2. The number of nitrogens with zero attached hydrogens (tertiary/aromatic N) is 1. The minimum Gasteiger partial charge on any atom is -0.391 e. The summed E-state index contributed by atoms with van der Waals surface area (Å²) >= 11 is 12.7. The fourth-order valence-corrected chi connectivity index (χ4v) is 6.41. The van der Waals surface area contributed by atoms with Gasteiger partial charge in [0, 0.05) is 39.9 Å². The lowest BCUT2D eigenvalue weighted by atomic mass is 9.60. The molecule has 1 aliphatic heterocycles. The molecule has 1 aromatic rings. The van der Waals surface area contributed by atoms with Crippen molar-refractivity contribution < 1.29 is 14.7 Å². The Hall–Kier alpha value is -1.82. The van der Waals surface area contributed by atoms with E-state index in [0.29, 0.717) is 29.3 Å². The van der Waals surface area contributed by atoms with Crippen LogP contribution in [-0.4, -0.2) is 46.1 Å². The Morgan fingerprint density at radius 1 is 1.25 bits per heavy atom. The van der Waals surface area contributed by atoms with Gasteiger partial charge in [-0.25, -0.2) is 0 Å². The van der Waals surface area contributed by atoms with Crippen LogP contribution < -0.4 is 5.32 Å². The number of carbonyl (C=O) groups is 2. The first-order valence-electron chi connectivity index (χ1n) is 12.9. The number of aliphatic hydroxyl groups is 1. The Labute approximate surface area is 225 Å². The standard InChI is InChI=1S/C29H40Cl2N2O3/c1-7-24(19(4)34)33-26(28(5)13-11-21(30)12-14-28)23(20-9-8-10-22(31)15-20)16-29(6,27(33)36)17-25(35)32-18(2)3/h8-13,15,18-19,23-24,26,34H,7,14,16-17H2,1-6H3,(H,32,35)/t19-,23+,24?,26-,28?,29+/m0/s1. The average Bonchev–Trinajstić information content (AvgIpc) is 2.78. The molecule has 2 aliphatic rings. The van der Waals surface area contributed by atoms with Crippen molar-refractivity contribution in [1.29, 1.82) is 0 Å². The largest absolute Gasteiger partial charge is 0.391 e. The molecule has 0 spiro atoms. The number of hydrogen-bond donors (Lipinski definition) is 2. The van der Waals surface area contributed by atoms with Crippen LogP contribution >= 0.6 is 23.2 Å². The Morgan fingerprint density at radius 3 is 2.47 bits per heavy atom. The molecular formula is C29H40Cl2N2O3. The van der Waals surface area contributed by atoms with E-state index in [2.05, 4.69) is 18.3 Å². The third kappa shape index (κ3) is 6.00. The Balaban J connectivity index is 2.21. The molecule has 1 heterocycles. The maximum absolute atomic E-state index is 14.4.